The van der Waals surface area contributed by atoms with Crippen molar-refractivity contribution in [3.63, 3.8) is 0 Å². The highest BCUT2D eigenvalue weighted by atomic mass is 16.6. The van der Waals surface area contributed by atoms with E-state index in [9.17, 15) is 14.4 Å². The summed E-state index contributed by atoms with van der Waals surface area (Å²) in [5, 5.41) is 5.60. The van der Waals surface area contributed by atoms with Crippen LogP contribution in [-0.2, 0) is 14.3 Å². The quantitative estimate of drug-likeness (QED) is 0.0768. The molecule has 0 aromatic heterocycles. The average molecular weight is 790 g/mol. The van der Waals surface area contributed by atoms with Crippen LogP contribution in [0.1, 0.15) is 193 Å². The Kier molecular flexibility index (Phi) is 23.5. The number of ether oxygens (including phenoxy) is 2. The molecule has 1 aliphatic rings. The summed E-state index contributed by atoms with van der Waals surface area (Å²) >= 11 is 0. The number of benzene rings is 2. The largest absolute Gasteiger partial charge is 0.449 e. The molecular formula is C49H79N3O5. The van der Waals surface area contributed by atoms with E-state index in [0.717, 1.165) is 54.4 Å². The lowest BCUT2D eigenvalue weighted by atomic mass is 9.98. The highest BCUT2D eigenvalue weighted by molar-refractivity contribution is 5.86. The SMILES string of the molecule is CCCCCCCCCCCCCCN(CCCCCCCCCCCC)C(=O)C(CNC(=O)OCC1c2ccccc2-c2ccccc21)NC(=O)OC(C)(C)C. The molecule has 3 rings (SSSR count). The molecule has 1 atom stereocenters. The molecule has 0 saturated heterocycles. The normalized spacial score (nSPS) is 12.8. The highest BCUT2D eigenvalue weighted by Crippen LogP contribution is 2.44. The molecule has 320 valence electrons. The summed E-state index contributed by atoms with van der Waals surface area (Å²) in [6.45, 7) is 11.2. The number of alkyl carbamates (subject to hydrolysis) is 2. The zero-order valence-electron chi connectivity index (χ0n) is 36.6. The number of fused-ring (bicyclic) bond motifs is 3. The molecule has 0 spiro atoms. The van der Waals surface area contributed by atoms with Crippen molar-refractivity contribution >= 4 is 18.1 Å². The van der Waals surface area contributed by atoms with Gasteiger partial charge in [0.15, 0.2) is 0 Å². The third kappa shape index (κ3) is 19.2. The van der Waals surface area contributed by atoms with Crippen LogP contribution in [0.4, 0.5) is 9.59 Å². The van der Waals surface area contributed by atoms with Crippen LogP contribution in [0.5, 0.6) is 0 Å². The summed E-state index contributed by atoms with van der Waals surface area (Å²) in [6, 6.07) is 15.5. The average Bonchev–Trinajstić information content (AvgIpc) is 3.51. The number of rotatable bonds is 30. The van der Waals surface area contributed by atoms with Crippen molar-refractivity contribution < 1.29 is 23.9 Å². The number of carbonyl (C=O) groups is 3. The van der Waals surface area contributed by atoms with Crippen LogP contribution in [0.15, 0.2) is 48.5 Å². The molecule has 0 heterocycles. The van der Waals surface area contributed by atoms with E-state index in [-0.39, 0.29) is 25.0 Å². The molecule has 0 aliphatic heterocycles. The van der Waals surface area contributed by atoms with Gasteiger partial charge in [0, 0.05) is 19.0 Å². The van der Waals surface area contributed by atoms with Gasteiger partial charge in [0.1, 0.15) is 18.2 Å². The Bertz CT molecular complexity index is 1380. The lowest BCUT2D eigenvalue weighted by molar-refractivity contribution is -0.133. The Labute approximate surface area is 347 Å². The van der Waals surface area contributed by atoms with Gasteiger partial charge in [0.25, 0.3) is 0 Å². The molecule has 8 heteroatoms. The third-order valence-corrected chi connectivity index (χ3v) is 11.2. The second-order valence-corrected chi connectivity index (χ2v) is 17.3. The lowest BCUT2D eigenvalue weighted by Gasteiger charge is -2.29. The Morgan fingerprint density at radius 3 is 1.42 bits per heavy atom. The maximum atomic E-state index is 14.3. The van der Waals surface area contributed by atoms with Crippen molar-refractivity contribution in [3.05, 3.63) is 59.7 Å². The Balaban J connectivity index is 1.57. The molecular weight excluding hydrogens is 711 g/mol. The molecule has 2 N–H and O–H groups in total. The minimum Gasteiger partial charge on any atom is -0.449 e. The van der Waals surface area contributed by atoms with Gasteiger partial charge in [-0.25, -0.2) is 9.59 Å². The van der Waals surface area contributed by atoms with Crippen LogP contribution in [0.2, 0.25) is 0 Å². The molecule has 2 aromatic carbocycles. The highest BCUT2D eigenvalue weighted by Gasteiger charge is 2.31. The van der Waals surface area contributed by atoms with Crippen molar-refractivity contribution in [2.45, 2.75) is 193 Å². The van der Waals surface area contributed by atoms with Crippen molar-refractivity contribution in [2.75, 3.05) is 26.2 Å². The first-order chi connectivity index (χ1) is 27.6. The summed E-state index contributed by atoms with van der Waals surface area (Å²) in [5.74, 6) is -0.272. The number of amides is 3. The molecule has 3 amide bonds. The van der Waals surface area contributed by atoms with Gasteiger partial charge >= 0.3 is 12.2 Å². The van der Waals surface area contributed by atoms with Gasteiger partial charge in [-0.1, -0.05) is 191 Å². The van der Waals surface area contributed by atoms with Gasteiger partial charge in [0.05, 0.1) is 6.54 Å². The van der Waals surface area contributed by atoms with E-state index in [2.05, 4.69) is 48.7 Å². The summed E-state index contributed by atoms with van der Waals surface area (Å²) in [7, 11) is 0. The molecule has 0 radical (unpaired) electrons. The van der Waals surface area contributed by atoms with Gasteiger partial charge in [-0.2, -0.15) is 0 Å². The summed E-state index contributed by atoms with van der Waals surface area (Å²) < 4.78 is 11.4. The predicted octanol–water partition coefficient (Wildman–Crippen LogP) is 12.9. The van der Waals surface area contributed by atoms with Crippen molar-refractivity contribution in [1.82, 2.24) is 15.5 Å². The lowest BCUT2D eigenvalue weighted by Crippen LogP contribution is -2.55. The fourth-order valence-electron chi connectivity index (χ4n) is 7.97. The molecule has 2 aromatic rings. The maximum absolute atomic E-state index is 14.3. The molecule has 8 nitrogen and oxygen atoms in total. The summed E-state index contributed by atoms with van der Waals surface area (Å²) in [4.78, 5) is 42.4. The number of hydrogen-bond donors (Lipinski definition) is 2. The van der Waals surface area contributed by atoms with Gasteiger partial charge in [-0.05, 0) is 55.9 Å². The number of unbranched alkanes of at least 4 members (excludes halogenated alkanes) is 20. The van der Waals surface area contributed by atoms with Crippen molar-refractivity contribution in [1.29, 1.82) is 0 Å². The zero-order chi connectivity index (χ0) is 41.1. The van der Waals surface area contributed by atoms with E-state index < -0.39 is 23.8 Å². The second kappa shape index (κ2) is 28.0. The van der Waals surface area contributed by atoms with Gasteiger partial charge < -0.3 is 25.0 Å². The van der Waals surface area contributed by atoms with Gasteiger partial charge in [-0.15, -0.1) is 0 Å². The third-order valence-electron chi connectivity index (χ3n) is 11.2. The first kappa shape index (κ1) is 47.8. The minimum atomic E-state index is -0.985. The van der Waals surface area contributed by atoms with Crippen LogP contribution in [0.3, 0.4) is 0 Å². The van der Waals surface area contributed by atoms with E-state index in [1.807, 2.05) is 29.2 Å². The fraction of sp³-hybridized carbons (Fsp3) is 0.694. The Hall–Kier alpha value is -3.55. The maximum Gasteiger partial charge on any atom is 0.408 e. The van der Waals surface area contributed by atoms with E-state index in [1.165, 1.54) is 109 Å². The van der Waals surface area contributed by atoms with Crippen molar-refractivity contribution in [3.8, 4) is 11.1 Å². The topological polar surface area (TPSA) is 97.0 Å². The molecule has 1 unspecified atom stereocenters. The van der Waals surface area contributed by atoms with E-state index in [0.29, 0.717) is 13.1 Å². The fourth-order valence-corrected chi connectivity index (χ4v) is 7.97. The number of nitrogens with zero attached hydrogens (tertiary/aromatic N) is 1. The minimum absolute atomic E-state index is 0.0763. The van der Waals surface area contributed by atoms with Gasteiger partial charge in [0.2, 0.25) is 5.91 Å². The molecule has 0 bridgehead atoms. The first-order valence-electron chi connectivity index (χ1n) is 23.0. The van der Waals surface area contributed by atoms with Crippen LogP contribution < -0.4 is 10.6 Å². The number of carbonyl (C=O) groups excluding carboxylic acids is 3. The Morgan fingerprint density at radius 1 is 0.596 bits per heavy atom. The van der Waals surface area contributed by atoms with E-state index >= 15 is 0 Å². The van der Waals surface area contributed by atoms with Crippen LogP contribution in [-0.4, -0.2) is 60.9 Å². The first-order valence-corrected chi connectivity index (χ1v) is 23.0. The van der Waals surface area contributed by atoms with Crippen molar-refractivity contribution in [2.24, 2.45) is 0 Å². The Morgan fingerprint density at radius 2 is 1.00 bits per heavy atom. The molecule has 1 aliphatic carbocycles. The predicted molar refractivity (Wildman–Crippen MR) is 236 cm³/mol. The molecule has 0 saturated carbocycles. The van der Waals surface area contributed by atoms with E-state index in [1.54, 1.807) is 20.8 Å². The monoisotopic (exact) mass is 790 g/mol. The molecule has 0 fully saturated rings. The summed E-state index contributed by atoms with van der Waals surface area (Å²) in [5.41, 5.74) is 3.84. The standard InChI is InChI=1S/C49H79N3O5/c1-6-8-10-12-14-16-18-19-21-23-25-31-37-52(36-30-24-22-20-17-15-13-11-9-7-2)46(53)45(51-48(55)57-49(3,4)5)38-50-47(54)56-39-44-42-34-28-26-32-40(42)41-33-27-29-35-43(41)44/h26-29,32-35,44-45H,6-25,30-31,36-39H2,1-5H3,(H,50,54)(H,51,55). The molecule has 57 heavy (non-hydrogen) atoms. The smallest absolute Gasteiger partial charge is 0.408 e. The van der Waals surface area contributed by atoms with Crippen LogP contribution in [0.25, 0.3) is 11.1 Å². The van der Waals surface area contributed by atoms with Gasteiger partial charge in [-0.3, -0.25) is 4.79 Å². The number of hydrogen-bond acceptors (Lipinski definition) is 5. The van der Waals surface area contributed by atoms with Crippen LogP contribution >= 0.6 is 0 Å². The van der Waals surface area contributed by atoms with E-state index in [4.69, 9.17) is 9.47 Å². The second-order valence-electron chi connectivity index (χ2n) is 17.3. The zero-order valence-corrected chi connectivity index (χ0v) is 36.6. The summed E-state index contributed by atoms with van der Waals surface area (Å²) in [6.07, 6.45) is 25.9. The van der Waals surface area contributed by atoms with Crippen LogP contribution in [0, 0.1) is 0 Å². The number of nitrogens with one attached hydrogen (secondary N) is 2.